The van der Waals surface area contributed by atoms with Crippen molar-refractivity contribution in [2.45, 2.75) is 32.4 Å². The Bertz CT molecular complexity index is 533. The average Bonchev–Trinajstić information content (AvgIpc) is 2.52. The highest BCUT2D eigenvalue weighted by Gasteiger charge is 2.27. The summed E-state index contributed by atoms with van der Waals surface area (Å²) in [6.45, 7) is 2.14. The lowest BCUT2D eigenvalue weighted by Gasteiger charge is -2.27. The van der Waals surface area contributed by atoms with Crippen LogP contribution in [0.5, 0.6) is 0 Å². The second-order valence-electron chi connectivity index (χ2n) is 5.04. The van der Waals surface area contributed by atoms with Crippen LogP contribution in [0, 0.1) is 5.92 Å². The number of rotatable bonds is 5. The van der Waals surface area contributed by atoms with Crippen molar-refractivity contribution in [3.8, 4) is 0 Å². The van der Waals surface area contributed by atoms with E-state index in [9.17, 15) is 9.59 Å². The summed E-state index contributed by atoms with van der Waals surface area (Å²) < 4.78 is 10.4. The molecule has 0 radical (unpaired) electrons. The molecule has 1 aliphatic heterocycles. The van der Waals surface area contributed by atoms with Crippen LogP contribution in [0.2, 0.25) is 5.15 Å². The van der Waals surface area contributed by atoms with Gasteiger partial charge >= 0.3 is 5.97 Å². The molecule has 2 unspecified atom stereocenters. The Morgan fingerprint density at radius 1 is 1.41 bits per heavy atom. The molecule has 7 nitrogen and oxygen atoms in total. The van der Waals surface area contributed by atoms with Gasteiger partial charge in [-0.2, -0.15) is 0 Å². The van der Waals surface area contributed by atoms with Crippen molar-refractivity contribution in [1.29, 1.82) is 0 Å². The van der Waals surface area contributed by atoms with Gasteiger partial charge in [-0.1, -0.05) is 11.6 Å². The highest BCUT2D eigenvalue weighted by Crippen LogP contribution is 2.19. The minimum Gasteiger partial charge on any atom is -0.463 e. The zero-order chi connectivity index (χ0) is 15.9. The molecule has 2 atom stereocenters. The van der Waals surface area contributed by atoms with E-state index in [4.69, 9.17) is 21.1 Å². The lowest BCUT2D eigenvalue weighted by atomic mass is 9.98. The molecule has 0 aliphatic carbocycles. The zero-order valence-electron chi connectivity index (χ0n) is 12.3. The fraction of sp³-hybridized carbons (Fsp3) is 0.571. The molecule has 1 saturated heterocycles. The number of carbonyl (C=O) groups is 2. The van der Waals surface area contributed by atoms with Crippen molar-refractivity contribution < 1.29 is 19.1 Å². The largest absolute Gasteiger partial charge is 0.463 e. The third-order valence-corrected chi connectivity index (χ3v) is 3.68. The maximum atomic E-state index is 12.1. The van der Waals surface area contributed by atoms with Gasteiger partial charge < -0.3 is 14.8 Å². The topological polar surface area (TPSA) is 90.4 Å². The summed E-state index contributed by atoms with van der Waals surface area (Å²) in [5.74, 6) is -0.652. The highest BCUT2D eigenvalue weighted by molar-refractivity contribution is 6.29. The molecule has 22 heavy (non-hydrogen) atoms. The van der Waals surface area contributed by atoms with E-state index < -0.39 is 0 Å². The molecule has 1 aromatic heterocycles. The number of ether oxygens (including phenoxy) is 2. The molecule has 1 fully saturated rings. The lowest BCUT2D eigenvalue weighted by molar-refractivity contribution is -0.149. The molecule has 0 spiro atoms. The minimum absolute atomic E-state index is 0.104. The molecule has 2 rings (SSSR count). The van der Waals surface area contributed by atoms with Gasteiger partial charge in [0, 0.05) is 19.3 Å². The molecule has 1 amide bonds. The molecule has 8 heteroatoms. The Labute approximate surface area is 133 Å². The van der Waals surface area contributed by atoms with Crippen LogP contribution in [0.1, 0.15) is 25.5 Å². The molecular formula is C14H18ClN3O4. The summed E-state index contributed by atoms with van der Waals surface area (Å²) >= 11 is 5.88. The smallest absolute Gasteiger partial charge is 0.302 e. The number of halogens is 1. The van der Waals surface area contributed by atoms with Gasteiger partial charge in [0.1, 0.15) is 6.61 Å². The summed E-state index contributed by atoms with van der Waals surface area (Å²) in [5, 5.41) is 3.06. The Hall–Kier alpha value is -1.73. The number of aromatic nitrogens is 2. The van der Waals surface area contributed by atoms with Crippen LogP contribution in [0.3, 0.4) is 0 Å². The number of hydrogen-bond acceptors (Lipinski definition) is 6. The molecule has 0 bridgehead atoms. The van der Waals surface area contributed by atoms with E-state index in [1.54, 1.807) is 0 Å². The van der Waals surface area contributed by atoms with Gasteiger partial charge in [-0.25, -0.2) is 4.98 Å². The Morgan fingerprint density at radius 3 is 2.82 bits per heavy atom. The van der Waals surface area contributed by atoms with E-state index in [1.165, 1.54) is 19.3 Å². The zero-order valence-corrected chi connectivity index (χ0v) is 13.0. The van der Waals surface area contributed by atoms with E-state index in [0.717, 1.165) is 0 Å². The van der Waals surface area contributed by atoms with Crippen molar-refractivity contribution in [2.24, 2.45) is 5.92 Å². The standard InChI is InChI=1S/C14H18ClN3O4/c1-9(19)21-8-11-3-2-10(7-22-11)14(20)18-6-12-13(15)17-5-4-16-12/h4-5,10-11H,2-3,6-8H2,1H3,(H,18,20). The molecule has 1 aromatic rings. The van der Waals surface area contributed by atoms with Crippen LogP contribution in [-0.4, -0.2) is 41.2 Å². The van der Waals surface area contributed by atoms with Crippen LogP contribution < -0.4 is 5.32 Å². The van der Waals surface area contributed by atoms with Crippen molar-refractivity contribution in [3.63, 3.8) is 0 Å². The first-order chi connectivity index (χ1) is 10.6. The number of amides is 1. The summed E-state index contributed by atoms with van der Waals surface area (Å²) in [5.41, 5.74) is 0.530. The normalized spacial score (nSPS) is 21.2. The van der Waals surface area contributed by atoms with Crippen molar-refractivity contribution in [1.82, 2.24) is 15.3 Å². The number of nitrogens with one attached hydrogen (secondary N) is 1. The third kappa shape index (κ3) is 4.92. The molecular weight excluding hydrogens is 310 g/mol. The molecule has 1 N–H and O–H groups in total. The Morgan fingerprint density at radius 2 is 2.18 bits per heavy atom. The Balaban J connectivity index is 1.73. The fourth-order valence-electron chi connectivity index (χ4n) is 2.14. The van der Waals surface area contributed by atoms with Gasteiger partial charge in [-0.3, -0.25) is 14.6 Å². The van der Waals surface area contributed by atoms with Gasteiger partial charge in [-0.05, 0) is 12.8 Å². The summed E-state index contributed by atoms with van der Waals surface area (Å²) in [6, 6.07) is 0. The summed E-state index contributed by atoms with van der Waals surface area (Å²) in [4.78, 5) is 30.8. The van der Waals surface area contributed by atoms with Crippen molar-refractivity contribution in [2.75, 3.05) is 13.2 Å². The predicted molar refractivity (Wildman–Crippen MR) is 78.0 cm³/mol. The predicted octanol–water partition coefficient (Wildman–Crippen LogP) is 1.10. The monoisotopic (exact) mass is 327 g/mol. The quantitative estimate of drug-likeness (QED) is 0.815. The van der Waals surface area contributed by atoms with Crippen LogP contribution in [0.15, 0.2) is 12.4 Å². The van der Waals surface area contributed by atoms with E-state index in [2.05, 4.69) is 15.3 Å². The SMILES string of the molecule is CC(=O)OCC1CCC(C(=O)NCc2nccnc2Cl)CO1. The molecule has 0 aromatic carbocycles. The van der Waals surface area contributed by atoms with Gasteiger partial charge in [-0.15, -0.1) is 0 Å². The van der Waals surface area contributed by atoms with Gasteiger partial charge in [0.25, 0.3) is 0 Å². The Kier molecular flexibility index (Phi) is 6.09. The lowest BCUT2D eigenvalue weighted by Crippen LogP contribution is -2.39. The summed E-state index contributed by atoms with van der Waals surface area (Å²) in [7, 11) is 0. The molecule has 2 heterocycles. The van der Waals surface area contributed by atoms with Crippen LogP contribution in [0.4, 0.5) is 0 Å². The van der Waals surface area contributed by atoms with Crippen LogP contribution in [0.25, 0.3) is 0 Å². The van der Waals surface area contributed by atoms with Crippen LogP contribution >= 0.6 is 11.6 Å². The van der Waals surface area contributed by atoms with Gasteiger partial charge in [0.15, 0.2) is 5.15 Å². The first kappa shape index (κ1) is 16.6. The van der Waals surface area contributed by atoms with Crippen molar-refractivity contribution >= 4 is 23.5 Å². The maximum absolute atomic E-state index is 12.1. The van der Waals surface area contributed by atoms with Gasteiger partial charge in [0.2, 0.25) is 5.91 Å². The second-order valence-corrected chi connectivity index (χ2v) is 5.40. The number of esters is 1. The van der Waals surface area contributed by atoms with E-state index in [1.807, 2.05) is 0 Å². The average molecular weight is 328 g/mol. The first-order valence-corrected chi connectivity index (χ1v) is 7.42. The highest BCUT2D eigenvalue weighted by atomic mass is 35.5. The van der Waals surface area contributed by atoms with Gasteiger partial charge in [0.05, 0.1) is 30.9 Å². The number of hydrogen-bond donors (Lipinski definition) is 1. The van der Waals surface area contributed by atoms with Crippen molar-refractivity contribution in [3.05, 3.63) is 23.2 Å². The minimum atomic E-state index is -0.329. The molecule has 120 valence electrons. The second kappa shape index (κ2) is 8.05. The van der Waals surface area contributed by atoms with Crippen LogP contribution in [-0.2, 0) is 25.6 Å². The fourth-order valence-corrected chi connectivity index (χ4v) is 2.31. The summed E-state index contributed by atoms with van der Waals surface area (Å²) in [6.07, 6.45) is 4.24. The first-order valence-electron chi connectivity index (χ1n) is 7.04. The van der Waals surface area contributed by atoms with E-state index in [-0.39, 0.29) is 42.2 Å². The number of carbonyl (C=O) groups excluding carboxylic acids is 2. The third-order valence-electron chi connectivity index (χ3n) is 3.37. The maximum Gasteiger partial charge on any atom is 0.302 e. The van der Waals surface area contributed by atoms with E-state index >= 15 is 0 Å². The van der Waals surface area contributed by atoms with E-state index in [0.29, 0.717) is 25.1 Å². The molecule has 1 aliphatic rings. The molecule has 0 saturated carbocycles. The number of nitrogens with zero attached hydrogens (tertiary/aromatic N) is 2.